The van der Waals surface area contributed by atoms with E-state index in [1.165, 1.54) is 11.1 Å². The Balaban J connectivity index is 1.63. The summed E-state index contributed by atoms with van der Waals surface area (Å²) in [6.45, 7) is 6.41. The Bertz CT molecular complexity index is 657. The molecule has 3 rings (SSSR count). The van der Waals surface area contributed by atoms with Gasteiger partial charge in [-0.15, -0.1) is 0 Å². The van der Waals surface area contributed by atoms with Crippen molar-refractivity contribution >= 4 is 23.1 Å². The number of nitrogens with one attached hydrogen (secondary N) is 1. The molecule has 1 aliphatic rings. The molecular formula is C18H22N2O2S. The van der Waals surface area contributed by atoms with Crippen LogP contribution in [0, 0.1) is 0 Å². The van der Waals surface area contributed by atoms with E-state index in [0.29, 0.717) is 19.1 Å². The maximum Gasteiger partial charge on any atom is 0.414 e. The summed E-state index contributed by atoms with van der Waals surface area (Å²) in [5.41, 5.74) is 3.47. The number of anilines is 1. The van der Waals surface area contributed by atoms with Crippen LogP contribution in [-0.2, 0) is 4.74 Å². The van der Waals surface area contributed by atoms with E-state index in [1.54, 1.807) is 16.2 Å². The molecule has 5 heteroatoms. The number of ether oxygens (including phenoxy) is 1. The number of hydrogen-bond donors (Lipinski definition) is 1. The van der Waals surface area contributed by atoms with Crippen LogP contribution in [0.3, 0.4) is 0 Å². The fourth-order valence-corrected chi connectivity index (χ4v) is 3.52. The Labute approximate surface area is 141 Å². The van der Waals surface area contributed by atoms with Crippen LogP contribution in [0.1, 0.15) is 36.9 Å². The van der Waals surface area contributed by atoms with Crippen molar-refractivity contribution in [3.8, 4) is 0 Å². The molecule has 0 spiro atoms. The molecule has 1 fully saturated rings. The Hall–Kier alpha value is -1.85. The highest BCUT2D eigenvalue weighted by atomic mass is 32.1. The molecule has 2 atom stereocenters. The summed E-state index contributed by atoms with van der Waals surface area (Å²) >= 11 is 1.74. The van der Waals surface area contributed by atoms with Crippen LogP contribution in [0.5, 0.6) is 0 Å². The van der Waals surface area contributed by atoms with Crippen molar-refractivity contribution in [2.45, 2.75) is 25.8 Å². The van der Waals surface area contributed by atoms with Gasteiger partial charge in [-0.05, 0) is 52.9 Å². The summed E-state index contributed by atoms with van der Waals surface area (Å²) in [5.74, 6) is 0.487. The maximum atomic E-state index is 11.7. The monoisotopic (exact) mass is 330 g/mol. The first kappa shape index (κ1) is 16.0. The molecule has 0 saturated carbocycles. The second-order valence-corrected chi connectivity index (χ2v) is 6.73. The van der Waals surface area contributed by atoms with Crippen LogP contribution < -0.4 is 10.2 Å². The Morgan fingerprint density at radius 3 is 2.87 bits per heavy atom. The number of hydrogen-bond acceptors (Lipinski definition) is 4. The lowest BCUT2D eigenvalue weighted by Crippen LogP contribution is -2.25. The summed E-state index contributed by atoms with van der Waals surface area (Å²) in [6, 6.07) is 10.5. The number of thiophene rings is 1. The molecular weight excluding hydrogens is 308 g/mol. The van der Waals surface area contributed by atoms with Crippen molar-refractivity contribution in [2.75, 3.05) is 24.6 Å². The summed E-state index contributed by atoms with van der Waals surface area (Å²) in [7, 11) is 0. The highest BCUT2D eigenvalue weighted by Gasteiger charge is 2.23. The van der Waals surface area contributed by atoms with Gasteiger partial charge in [0.1, 0.15) is 6.61 Å². The molecule has 1 aliphatic heterocycles. The molecule has 1 aromatic heterocycles. The van der Waals surface area contributed by atoms with E-state index in [2.05, 4.69) is 48.1 Å². The standard InChI is InChI=1S/C18H22N2O2S/c1-13(16-6-9-23-12-16)11-19-14(2)15-4-3-5-17(10-15)20-7-8-22-18(20)21/h3-6,9-10,12-14,19H,7-8,11H2,1-2H3/t13-,14-/m1/s1. The van der Waals surface area contributed by atoms with Gasteiger partial charge in [-0.1, -0.05) is 19.1 Å². The van der Waals surface area contributed by atoms with Crippen molar-refractivity contribution in [2.24, 2.45) is 0 Å². The predicted octanol–water partition coefficient (Wildman–Crippen LogP) is 4.16. The van der Waals surface area contributed by atoms with E-state index >= 15 is 0 Å². The zero-order valence-electron chi connectivity index (χ0n) is 13.5. The summed E-state index contributed by atoms with van der Waals surface area (Å²) in [6.07, 6.45) is -0.256. The van der Waals surface area contributed by atoms with Gasteiger partial charge in [-0.3, -0.25) is 4.90 Å². The van der Waals surface area contributed by atoms with E-state index in [0.717, 1.165) is 12.2 Å². The van der Waals surface area contributed by atoms with E-state index in [1.807, 2.05) is 12.1 Å². The Morgan fingerprint density at radius 1 is 1.30 bits per heavy atom. The lowest BCUT2D eigenvalue weighted by atomic mass is 10.0. The van der Waals surface area contributed by atoms with E-state index in [4.69, 9.17) is 4.74 Å². The SMILES string of the molecule is C[C@H](CN[C@H](C)c1cccc(N2CCOC2=O)c1)c1ccsc1. The first-order chi connectivity index (χ1) is 11.1. The molecule has 0 aliphatic carbocycles. The molecule has 1 aromatic carbocycles. The molecule has 122 valence electrons. The second kappa shape index (κ2) is 7.15. The smallest absolute Gasteiger partial charge is 0.414 e. The van der Waals surface area contributed by atoms with Gasteiger partial charge in [-0.25, -0.2) is 4.79 Å². The lowest BCUT2D eigenvalue weighted by molar-refractivity contribution is 0.181. The molecule has 0 radical (unpaired) electrons. The Kier molecular flexibility index (Phi) is 4.98. The number of benzene rings is 1. The van der Waals surface area contributed by atoms with Gasteiger partial charge in [-0.2, -0.15) is 11.3 Å². The van der Waals surface area contributed by atoms with Crippen molar-refractivity contribution < 1.29 is 9.53 Å². The largest absolute Gasteiger partial charge is 0.447 e. The third kappa shape index (κ3) is 3.74. The van der Waals surface area contributed by atoms with Gasteiger partial charge in [0, 0.05) is 18.3 Å². The summed E-state index contributed by atoms with van der Waals surface area (Å²) < 4.78 is 5.01. The molecule has 2 heterocycles. The number of nitrogens with zero attached hydrogens (tertiary/aromatic N) is 1. The lowest BCUT2D eigenvalue weighted by Gasteiger charge is -2.20. The highest BCUT2D eigenvalue weighted by Crippen LogP contribution is 2.24. The van der Waals surface area contributed by atoms with Crippen molar-refractivity contribution in [3.63, 3.8) is 0 Å². The average molecular weight is 330 g/mol. The first-order valence-corrected chi connectivity index (χ1v) is 8.89. The number of rotatable bonds is 6. The van der Waals surface area contributed by atoms with Crippen LogP contribution in [0.15, 0.2) is 41.1 Å². The van der Waals surface area contributed by atoms with Gasteiger partial charge in [0.2, 0.25) is 0 Å². The van der Waals surface area contributed by atoms with Crippen molar-refractivity contribution in [1.82, 2.24) is 5.32 Å². The highest BCUT2D eigenvalue weighted by molar-refractivity contribution is 7.07. The zero-order valence-corrected chi connectivity index (χ0v) is 14.3. The predicted molar refractivity (Wildman–Crippen MR) is 94.3 cm³/mol. The van der Waals surface area contributed by atoms with Crippen molar-refractivity contribution in [1.29, 1.82) is 0 Å². The van der Waals surface area contributed by atoms with E-state index < -0.39 is 0 Å². The minimum atomic E-state index is -0.256. The van der Waals surface area contributed by atoms with E-state index in [-0.39, 0.29) is 12.1 Å². The molecule has 0 bridgehead atoms. The van der Waals surface area contributed by atoms with Gasteiger partial charge >= 0.3 is 6.09 Å². The molecule has 2 aromatic rings. The molecule has 1 N–H and O–H groups in total. The number of cyclic esters (lactones) is 1. The molecule has 1 saturated heterocycles. The third-order valence-electron chi connectivity index (χ3n) is 4.29. The quantitative estimate of drug-likeness (QED) is 0.865. The fraction of sp³-hybridized carbons (Fsp3) is 0.389. The molecule has 4 nitrogen and oxygen atoms in total. The maximum absolute atomic E-state index is 11.7. The summed E-state index contributed by atoms with van der Waals surface area (Å²) in [5, 5.41) is 7.91. The van der Waals surface area contributed by atoms with Gasteiger partial charge < -0.3 is 10.1 Å². The van der Waals surface area contributed by atoms with Crippen LogP contribution >= 0.6 is 11.3 Å². The fourth-order valence-electron chi connectivity index (χ4n) is 2.73. The van der Waals surface area contributed by atoms with Crippen molar-refractivity contribution in [3.05, 3.63) is 52.2 Å². The minimum absolute atomic E-state index is 0.231. The summed E-state index contributed by atoms with van der Waals surface area (Å²) in [4.78, 5) is 13.4. The molecule has 1 amide bonds. The van der Waals surface area contributed by atoms with Crippen LogP contribution in [0.4, 0.5) is 10.5 Å². The Morgan fingerprint density at radius 2 is 2.17 bits per heavy atom. The molecule has 23 heavy (non-hydrogen) atoms. The van der Waals surface area contributed by atoms with Crippen LogP contribution in [-0.4, -0.2) is 25.8 Å². The number of carbonyl (C=O) groups excluding carboxylic acids is 1. The third-order valence-corrected chi connectivity index (χ3v) is 4.99. The topological polar surface area (TPSA) is 41.6 Å². The molecule has 0 unspecified atom stereocenters. The van der Waals surface area contributed by atoms with Gasteiger partial charge in [0.25, 0.3) is 0 Å². The van der Waals surface area contributed by atoms with E-state index in [9.17, 15) is 4.79 Å². The minimum Gasteiger partial charge on any atom is -0.447 e. The van der Waals surface area contributed by atoms with Gasteiger partial charge in [0.15, 0.2) is 0 Å². The normalized spacial score (nSPS) is 17.1. The van der Waals surface area contributed by atoms with Gasteiger partial charge in [0.05, 0.1) is 6.54 Å². The average Bonchev–Trinajstić information content (AvgIpc) is 3.24. The second-order valence-electron chi connectivity index (χ2n) is 5.95. The van der Waals surface area contributed by atoms with Crippen LogP contribution in [0.2, 0.25) is 0 Å². The number of carbonyl (C=O) groups is 1. The zero-order chi connectivity index (χ0) is 16.2. The first-order valence-electron chi connectivity index (χ1n) is 7.95. The van der Waals surface area contributed by atoms with Crippen LogP contribution in [0.25, 0.3) is 0 Å². The number of amides is 1.